The topological polar surface area (TPSA) is 44.4 Å². The lowest BCUT2D eigenvalue weighted by Gasteiger charge is -2.17. The number of benzene rings is 1. The van der Waals surface area contributed by atoms with E-state index in [1.54, 1.807) is 0 Å². The summed E-state index contributed by atoms with van der Waals surface area (Å²) in [5.74, 6) is 0.0660. The fourth-order valence-corrected chi connectivity index (χ4v) is 3.22. The molecule has 0 unspecified atom stereocenters. The number of amides is 1. The Bertz CT molecular complexity index is 691. The van der Waals surface area contributed by atoms with E-state index in [9.17, 15) is 4.79 Å². The summed E-state index contributed by atoms with van der Waals surface area (Å²) in [6.07, 6.45) is 16.3. The van der Waals surface area contributed by atoms with Crippen molar-refractivity contribution in [3.63, 3.8) is 0 Å². The molecule has 0 radical (unpaired) electrons. The first-order valence-corrected chi connectivity index (χ1v) is 10.5. The molecule has 0 bridgehead atoms. The number of nitrogens with one attached hydrogen (secondary N) is 2. The molecular weight excluding hydrogens is 346 g/mol. The fourth-order valence-electron chi connectivity index (χ4n) is 3.22. The van der Waals surface area contributed by atoms with Gasteiger partial charge < -0.3 is 15.5 Å². The van der Waals surface area contributed by atoms with Crippen LogP contribution in [-0.4, -0.2) is 30.9 Å². The van der Waals surface area contributed by atoms with Crippen LogP contribution >= 0.6 is 0 Å². The number of anilines is 1. The average molecular weight is 382 g/mol. The van der Waals surface area contributed by atoms with Gasteiger partial charge in [-0.1, -0.05) is 61.8 Å². The third kappa shape index (κ3) is 9.05. The van der Waals surface area contributed by atoms with Gasteiger partial charge in [-0.3, -0.25) is 4.79 Å². The van der Waals surface area contributed by atoms with Gasteiger partial charge in [-0.15, -0.1) is 0 Å². The van der Waals surface area contributed by atoms with Crippen LogP contribution in [0.25, 0.3) is 0 Å². The van der Waals surface area contributed by atoms with E-state index in [0.29, 0.717) is 6.42 Å². The maximum absolute atomic E-state index is 12.4. The number of unbranched alkanes of at least 4 members (excludes halogenated alkanes) is 2. The highest BCUT2D eigenvalue weighted by atomic mass is 16.1. The van der Waals surface area contributed by atoms with Crippen LogP contribution < -0.4 is 10.6 Å². The Hall–Kier alpha value is -2.33. The molecule has 1 amide bonds. The summed E-state index contributed by atoms with van der Waals surface area (Å²) in [5.41, 5.74) is 3.37. The van der Waals surface area contributed by atoms with Crippen molar-refractivity contribution in [2.75, 3.05) is 25.5 Å². The Balaban J connectivity index is 1.80. The van der Waals surface area contributed by atoms with Crippen LogP contribution in [0.5, 0.6) is 0 Å². The van der Waals surface area contributed by atoms with Gasteiger partial charge in [0.05, 0.1) is 0 Å². The zero-order valence-corrected chi connectivity index (χ0v) is 17.4. The minimum atomic E-state index is 0.0660. The standard InChI is InChI=1S/C24H35N3O/c1-3-4-9-17-27(2)20-22-12-10-13-23(18-22)26-24(28)15-14-21-11-7-5-6-8-16-25-19-21/h5-8,10,12-13,18-19,25H,3-4,9,11,14-17,20H2,1-2H3,(H,26,28)/b7-5-,8-6-,21-19+. The SMILES string of the molecule is CCCCCN(C)Cc1cccc(NC(=O)CC/C2=C/NC/C=C\C=C/C2)c1. The van der Waals surface area contributed by atoms with Crippen LogP contribution in [0.15, 0.2) is 60.3 Å². The van der Waals surface area contributed by atoms with Gasteiger partial charge in [-0.2, -0.15) is 0 Å². The molecule has 1 aliphatic rings. The molecule has 4 nitrogen and oxygen atoms in total. The van der Waals surface area contributed by atoms with Crippen LogP contribution in [0.1, 0.15) is 51.0 Å². The number of rotatable bonds is 10. The van der Waals surface area contributed by atoms with E-state index in [1.165, 1.54) is 30.4 Å². The maximum Gasteiger partial charge on any atom is 0.224 e. The van der Waals surface area contributed by atoms with E-state index >= 15 is 0 Å². The van der Waals surface area contributed by atoms with Gasteiger partial charge in [0.1, 0.15) is 0 Å². The lowest BCUT2D eigenvalue weighted by Crippen LogP contribution is -2.19. The van der Waals surface area contributed by atoms with E-state index in [1.807, 2.05) is 24.4 Å². The minimum Gasteiger partial charge on any atom is -0.387 e. The predicted molar refractivity (Wildman–Crippen MR) is 119 cm³/mol. The van der Waals surface area contributed by atoms with E-state index < -0.39 is 0 Å². The van der Waals surface area contributed by atoms with Crippen LogP contribution in [0, 0.1) is 0 Å². The second-order valence-corrected chi connectivity index (χ2v) is 7.46. The van der Waals surface area contributed by atoms with Crippen LogP contribution in [-0.2, 0) is 11.3 Å². The average Bonchev–Trinajstić information content (AvgIpc) is 2.81. The van der Waals surface area contributed by atoms with Crippen molar-refractivity contribution in [3.05, 3.63) is 65.9 Å². The highest BCUT2D eigenvalue weighted by molar-refractivity contribution is 5.90. The molecule has 2 N–H and O–H groups in total. The quantitative estimate of drug-likeness (QED) is 0.560. The maximum atomic E-state index is 12.4. The Morgan fingerprint density at radius 2 is 2.07 bits per heavy atom. The molecule has 1 aromatic carbocycles. The van der Waals surface area contributed by atoms with E-state index in [2.05, 4.69) is 59.9 Å². The Kier molecular flexibility index (Phi) is 10.2. The molecule has 1 aromatic rings. The zero-order chi connectivity index (χ0) is 20.0. The second kappa shape index (κ2) is 12.9. The van der Waals surface area contributed by atoms with Gasteiger partial charge in [-0.25, -0.2) is 0 Å². The molecule has 0 aliphatic carbocycles. The first kappa shape index (κ1) is 22.0. The number of carbonyl (C=O) groups excluding carboxylic acids is 1. The van der Waals surface area contributed by atoms with Crippen LogP contribution in [0.2, 0.25) is 0 Å². The van der Waals surface area contributed by atoms with Crippen molar-refractivity contribution in [3.8, 4) is 0 Å². The summed E-state index contributed by atoms with van der Waals surface area (Å²) in [5, 5.41) is 6.32. The lowest BCUT2D eigenvalue weighted by molar-refractivity contribution is -0.116. The van der Waals surface area contributed by atoms with Gasteiger partial charge in [0.15, 0.2) is 0 Å². The largest absolute Gasteiger partial charge is 0.387 e. The van der Waals surface area contributed by atoms with Crippen LogP contribution in [0.3, 0.4) is 0 Å². The van der Waals surface area contributed by atoms with Gasteiger partial charge in [0, 0.05) is 25.2 Å². The summed E-state index contributed by atoms with van der Waals surface area (Å²) >= 11 is 0. The Morgan fingerprint density at radius 1 is 1.21 bits per heavy atom. The molecule has 0 spiro atoms. The van der Waals surface area contributed by atoms with E-state index in [0.717, 1.165) is 38.2 Å². The first-order chi connectivity index (χ1) is 13.7. The summed E-state index contributed by atoms with van der Waals surface area (Å²) < 4.78 is 0. The number of hydrogen-bond acceptors (Lipinski definition) is 3. The van der Waals surface area contributed by atoms with Crippen molar-refractivity contribution in [2.24, 2.45) is 0 Å². The van der Waals surface area contributed by atoms with Crippen LogP contribution in [0.4, 0.5) is 5.69 Å². The third-order valence-corrected chi connectivity index (χ3v) is 4.78. The molecular formula is C24H35N3O. The van der Waals surface area contributed by atoms with Crippen molar-refractivity contribution in [1.29, 1.82) is 0 Å². The smallest absolute Gasteiger partial charge is 0.224 e. The number of allylic oxidation sites excluding steroid dienone is 4. The highest BCUT2D eigenvalue weighted by Gasteiger charge is 2.06. The molecule has 0 aromatic heterocycles. The molecule has 1 aliphatic heterocycles. The van der Waals surface area contributed by atoms with Crippen molar-refractivity contribution < 1.29 is 4.79 Å². The lowest BCUT2D eigenvalue weighted by atomic mass is 10.1. The Morgan fingerprint density at radius 3 is 2.93 bits per heavy atom. The highest BCUT2D eigenvalue weighted by Crippen LogP contribution is 2.15. The molecule has 4 heteroatoms. The number of hydrogen-bond donors (Lipinski definition) is 2. The van der Waals surface area contributed by atoms with E-state index in [-0.39, 0.29) is 5.91 Å². The van der Waals surface area contributed by atoms with Gasteiger partial charge >= 0.3 is 0 Å². The normalized spacial score (nSPS) is 18.2. The van der Waals surface area contributed by atoms with Gasteiger partial charge in [0.25, 0.3) is 0 Å². The summed E-state index contributed by atoms with van der Waals surface area (Å²) in [4.78, 5) is 14.7. The molecule has 1 heterocycles. The molecule has 2 rings (SSSR count). The molecule has 0 saturated heterocycles. The molecule has 0 fully saturated rings. The summed E-state index contributed by atoms with van der Waals surface area (Å²) in [6, 6.07) is 8.20. The first-order valence-electron chi connectivity index (χ1n) is 10.5. The van der Waals surface area contributed by atoms with Gasteiger partial charge in [0.2, 0.25) is 5.91 Å². The van der Waals surface area contributed by atoms with Crippen molar-refractivity contribution in [2.45, 2.75) is 52.0 Å². The summed E-state index contributed by atoms with van der Waals surface area (Å²) in [6.45, 7) is 5.06. The number of carbonyl (C=O) groups is 1. The number of nitrogens with zero attached hydrogens (tertiary/aromatic N) is 1. The molecule has 0 saturated carbocycles. The third-order valence-electron chi connectivity index (χ3n) is 4.78. The van der Waals surface area contributed by atoms with E-state index in [4.69, 9.17) is 0 Å². The summed E-state index contributed by atoms with van der Waals surface area (Å²) in [7, 11) is 2.16. The molecule has 152 valence electrons. The minimum absolute atomic E-state index is 0.0660. The monoisotopic (exact) mass is 381 g/mol. The predicted octanol–water partition coefficient (Wildman–Crippen LogP) is 5.02. The fraction of sp³-hybridized carbons (Fsp3) is 0.458. The molecule has 28 heavy (non-hydrogen) atoms. The second-order valence-electron chi connectivity index (χ2n) is 7.46. The van der Waals surface area contributed by atoms with Crippen molar-refractivity contribution >= 4 is 11.6 Å². The van der Waals surface area contributed by atoms with Gasteiger partial charge in [-0.05, 0) is 56.8 Å². The molecule has 0 atom stereocenters. The van der Waals surface area contributed by atoms with Crippen molar-refractivity contribution in [1.82, 2.24) is 10.2 Å². The Labute approximate surface area is 170 Å². The zero-order valence-electron chi connectivity index (χ0n) is 17.4.